The predicted octanol–water partition coefficient (Wildman–Crippen LogP) is 2.52. The van der Waals surface area contributed by atoms with Crippen LogP contribution in [-0.4, -0.2) is 37.5 Å². The van der Waals surface area contributed by atoms with E-state index in [1.165, 1.54) is 0 Å². The Balaban J connectivity index is 0. The van der Waals surface area contributed by atoms with E-state index in [0.29, 0.717) is 6.54 Å². The Morgan fingerprint density at radius 2 is 1.62 bits per heavy atom. The van der Waals surface area contributed by atoms with Crippen molar-refractivity contribution in [3.8, 4) is 0 Å². The van der Waals surface area contributed by atoms with Crippen LogP contribution in [0.15, 0.2) is 0 Å². The van der Waals surface area contributed by atoms with Crippen molar-refractivity contribution in [3.05, 3.63) is 0 Å². The van der Waals surface area contributed by atoms with Gasteiger partial charge < -0.3 is 10.2 Å². The molecule has 0 unspecified atom stereocenters. The Kier molecular flexibility index (Phi) is 13.9. The van der Waals surface area contributed by atoms with Crippen LogP contribution in [0.3, 0.4) is 0 Å². The maximum atomic E-state index is 11.4. The van der Waals surface area contributed by atoms with Crippen LogP contribution in [0.2, 0.25) is 0 Å². The molecule has 3 nitrogen and oxygen atoms in total. The minimum absolute atomic E-state index is 0.240. The second-order valence-corrected chi connectivity index (χ2v) is 3.59. The fourth-order valence-corrected chi connectivity index (χ4v) is 1.52. The molecule has 1 amide bonds. The molecule has 0 atom stereocenters. The van der Waals surface area contributed by atoms with E-state index in [1.807, 2.05) is 39.6 Å². The highest BCUT2D eigenvalue weighted by atomic mass is 16.2. The Labute approximate surface area is 102 Å². The molecule has 0 aromatic heterocycles. The zero-order valence-corrected chi connectivity index (χ0v) is 12.0. The number of likely N-dealkylation sites (N-methyl/N-ethyl adjacent to an activating group) is 1. The molecule has 0 spiro atoms. The summed E-state index contributed by atoms with van der Waals surface area (Å²) in [5.74, 6) is 1.04. The molecule has 1 aliphatic heterocycles. The number of hydrogen-bond acceptors (Lipinski definition) is 2. The van der Waals surface area contributed by atoms with Gasteiger partial charge in [0.05, 0.1) is 6.54 Å². The average molecular weight is 230 g/mol. The summed E-state index contributed by atoms with van der Waals surface area (Å²) in [6, 6.07) is 0. The summed E-state index contributed by atoms with van der Waals surface area (Å²) in [7, 11) is 1.81. The van der Waals surface area contributed by atoms with E-state index < -0.39 is 0 Å². The molecule has 1 saturated heterocycles. The van der Waals surface area contributed by atoms with Gasteiger partial charge in [-0.05, 0) is 25.8 Å². The Bertz CT molecular complexity index is 152. The van der Waals surface area contributed by atoms with E-state index in [0.717, 1.165) is 31.8 Å². The summed E-state index contributed by atoms with van der Waals surface area (Å²) in [6.07, 6.45) is 2.32. The van der Waals surface area contributed by atoms with Gasteiger partial charge in [0, 0.05) is 13.1 Å². The standard InChI is InChI=1S/C9H18N2O.2C2H6/c1-8-3-5-11(6-4-8)9(12)7-10-2;2*1-2/h8,10H,3-7H2,1-2H3;2*1-2H3. The Hall–Kier alpha value is -0.570. The van der Waals surface area contributed by atoms with Crippen molar-refractivity contribution in [2.75, 3.05) is 26.7 Å². The molecular formula is C13H30N2O. The smallest absolute Gasteiger partial charge is 0.236 e. The molecule has 0 radical (unpaired) electrons. The molecule has 0 saturated carbocycles. The molecule has 0 aromatic rings. The molecule has 16 heavy (non-hydrogen) atoms. The van der Waals surface area contributed by atoms with Crippen molar-refractivity contribution in [3.63, 3.8) is 0 Å². The lowest BCUT2D eigenvalue weighted by atomic mass is 9.99. The van der Waals surface area contributed by atoms with Crippen LogP contribution >= 0.6 is 0 Å². The number of carbonyl (C=O) groups excluding carboxylic acids is 1. The summed E-state index contributed by atoms with van der Waals surface area (Å²) in [4.78, 5) is 13.3. The summed E-state index contributed by atoms with van der Waals surface area (Å²) in [5, 5.41) is 2.88. The topological polar surface area (TPSA) is 32.3 Å². The summed E-state index contributed by atoms with van der Waals surface area (Å²) < 4.78 is 0. The van der Waals surface area contributed by atoms with Gasteiger partial charge in [-0.15, -0.1) is 0 Å². The number of likely N-dealkylation sites (tertiary alicyclic amines) is 1. The fraction of sp³-hybridized carbons (Fsp3) is 0.923. The van der Waals surface area contributed by atoms with Crippen LogP contribution in [0.5, 0.6) is 0 Å². The van der Waals surface area contributed by atoms with Crippen LogP contribution < -0.4 is 5.32 Å². The van der Waals surface area contributed by atoms with Gasteiger partial charge in [-0.2, -0.15) is 0 Å². The Morgan fingerprint density at radius 3 is 2.00 bits per heavy atom. The number of rotatable bonds is 2. The molecule has 3 heteroatoms. The molecule has 0 bridgehead atoms. The van der Waals surface area contributed by atoms with E-state index in [4.69, 9.17) is 0 Å². The summed E-state index contributed by atoms with van der Waals surface area (Å²) in [5.41, 5.74) is 0. The van der Waals surface area contributed by atoms with Crippen molar-refractivity contribution >= 4 is 5.91 Å². The average Bonchev–Trinajstić information content (AvgIpc) is 2.35. The van der Waals surface area contributed by atoms with Crippen LogP contribution in [0.4, 0.5) is 0 Å². The normalized spacial score (nSPS) is 15.5. The predicted molar refractivity (Wildman–Crippen MR) is 71.6 cm³/mol. The SMILES string of the molecule is CC.CC.CNCC(=O)N1CCC(C)CC1. The van der Waals surface area contributed by atoms with Gasteiger partial charge in [0.25, 0.3) is 0 Å². The molecule has 98 valence electrons. The third-order valence-electron chi connectivity index (χ3n) is 2.46. The van der Waals surface area contributed by atoms with Gasteiger partial charge in [0.1, 0.15) is 0 Å². The number of amides is 1. The van der Waals surface area contributed by atoms with Crippen LogP contribution in [0.1, 0.15) is 47.5 Å². The van der Waals surface area contributed by atoms with Crippen LogP contribution in [-0.2, 0) is 4.79 Å². The van der Waals surface area contributed by atoms with Crippen molar-refractivity contribution < 1.29 is 4.79 Å². The zero-order chi connectivity index (χ0) is 13.0. The first-order chi connectivity index (χ1) is 7.74. The minimum Gasteiger partial charge on any atom is -0.342 e. The molecular weight excluding hydrogens is 200 g/mol. The highest BCUT2D eigenvalue weighted by Gasteiger charge is 2.18. The van der Waals surface area contributed by atoms with Crippen molar-refractivity contribution in [1.29, 1.82) is 0 Å². The summed E-state index contributed by atoms with van der Waals surface area (Å²) in [6.45, 7) is 12.6. The van der Waals surface area contributed by atoms with E-state index in [2.05, 4.69) is 12.2 Å². The molecule has 1 aliphatic rings. The Morgan fingerprint density at radius 1 is 1.19 bits per heavy atom. The van der Waals surface area contributed by atoms with E-state index in [1.54, 1.807) is 0 Å². The van der Waals surface area contributed by atoms with Crippen molar-refractivity contribution in [1.82, 2.24) is 10.2 Å². The van der Waals surface area contributed by atoms with E-state index in [9.17, 15) is 4.79 Å². The number of nitrogens with one attached hydrogen (secondary N) is 1. The minimum atomic E-state index is 0.240. The molecule has 1 N–H and O–H groups in total. The van der Waals surface area contributed by atoms with E-state index in [-0.39, 0.29) is 5.91 Å². The molecule has 1 heterocycles. The maximum absolute atomic E-state index is 11.4. The molecule has 1 rings (SSSR count). The third-order valence-corrected chi connectivity index (χ3v) is 2.46. The number of piperidine rings is 1. The molecule has 1 fully saturated rings. The zero-order valence-electron chi connectivity index (χ0n) is 12.0. The van der Waals surface area contributed by atoms with Crippen molar-refractivity contribution in [2.24, 2.45) is 5.92 Å². The van der Waals surface area contributed by atoms with E-state index >= 15 is 0 Å². The van der Waals surface area contributed by atoms with Gasteiger partial charge in [0.2, 0.25) is 5.91 Å². The van der Waals surface area contributed by atoms with Crippen LogP contribution in [0, 0.1) is 5.92 Å². The highest BCUT2D eigenvalue weighted by molar-refractivity contribution is 5.78. The number of carbonyl (C=O) groups is 1. The van der Waals surface area contributed by atoms with Gasteiger partial charge in [-0.25, -0.2) is 0 Å². The lowest BCUT2D eigenvalue weighted by Gasteiger charge is -2.30. The molecule has 0 aliphatic carbocycles. The second kappa shape index (κ2) is 12.5. The summed E-state index contributed by atoms with van der Waals surface area (Å²) >= 11 is 0. The highest BCUT2D eigenvalue weighted by Crippen LogP contribution is 2.15. The molecule has 0 aromatic carbocycles. The van der Waals surface area contributed by atoms with Crippen molar-refractivity contribution in [2.45, 2.75) is 47.5 Å². The van der Waals surface area contributed by atoms with Gasteiger partial charge in [-0.3, -0.25) is 4.79 Å². The second-order valence-electron chi connectivity index (χ2n) is 3.59. The first-order valence-corrected chi connectivity index (χ1v) is 6.66. The first kappa shape index (κ1) is 17.8. The van der Waals surface area contributed by atoms with Gasteiger partial charge in [-0.1, -0.05) is 34.6 Å². The number of hydrogen-bond donors (Lipinski definition) is 1. The van der Waals surface area contributed by atoms with Gasteiger partial charge >= 0.3 is 0 Å². The largest absolute Gasteiger partial charge is 0.342 e. The lowest BCUT2D eigenvalue weighted by molar-refractivity contribution is -0.131. The maximum Gasteiger partial charge on any atom is 0.236 e. The quantitative estimate of drug-likeness (QED) is 0.790. The third kappa shape index (κ3) is 7.69. The monoisotopic (exact) mass is 230 g/mol. The number of nitrogens with zero attached hydrogens (tertiary/aromatic N) is 1. The van der Waals surface area contributed by atoms with Crippen LogP contribution in [0.25, 0.3) is 0 Å². The lowest BCUT2D eigenvalue weighted by Crippen LogP contribution is -2.41. The fourth-order valence-electron chi connectivity index (χ4n) is 1.52. The van der Waals surface area contributed by atoms with Gasteiger partial charge in [0.15, 0.2) is 0 Å². The first-order valence-electron chi connectivity index (χ1n) is 6.66.